The van der Waals surface area contributed by atoms with Crippen molar-refractivity contribution in [2.24, 2.45) is 0 Å². The zero-order valence-electron chi connectivity index (χ0n) is 12.2. The Morgan fingerprint density at radius 3 is 2.43 bits per heavy atom. The van der Waals surface area contributed by atoms with Gasteiger partial charge in [-0.3, -0.25) is 0 Å². The molecule has 0 aliphatic rings. The maximum absolute atomic E-state index is 13.2. The Bertz CT molecular complexity index is 598. The van der Waals surface area contributed by atoms with Crippen LogP contribution in [0.25, 0.3) is 0 Å². The standard InChI is InChI=1S/C15H18F2N2O2/c1-8(14-9(2)19-21-10(14)3)6-18-7-11-4-12(16)15(20)13(17)5-11/h4-5,8,18,20H,6-7H2,1-3H3. The Kier molecular flexibility index (Phi) is 4.57. The highest BCUT2D eigenvalue weighted by Crippen LogP contribution is 2.23. The molecule has 6 heteroatoms. The summed E-state index contributed by atoms with van der Waals surface area (Å²) >= 11 is 0. The highest BCUT2D eigenvalue weighted by molar-refractivity contribution is 5.30. The predicted octanol–water partition coefficient (Wildman–Crippen LogP) is 3.17. The van der Waals surface area contributed by atoms with Crippen molar-refractivity contribution in [1.29, 1.82) is 0 Å². The van der Waals surface area contributed by atoms with E-state index >= 15 is 0 Å². The molecule has 1 aromatic heterocycles. The van der Waals surface area contributed by atoms with Crippen LogP contribution < -0.4 is 5.32 Å². The molecule has 1 atom stereocenters. The second-order valence-electron chi connectivity index (χ2n) is 5.18. The molecule has 1 unspecified atom stereocenters. The molecule has 0 spiro atoms. The number of rotatable bonds is 5. The van der Waals surface area contributed by atoms with Gasteiger partial charge in [-0.15, -0.1) is 0 Å². The van der Waals surface area contributed by atoms with E-state index in [0.29, 0.717) is 18.7 Å². The highest BCUT2D eigenvalue weighted by Gasteiger charge is 2.16. The topological polar surface area (TPSA) is 58.3 Å². The maximum atomic E-state index is 13.2. The lowest BCUT2D eigenvalue weighted by molar-refractivity contribution is 0.391. The molecule has 0 radical (unpaired) electrons. The number of aromatic hydroxyl groups is 1. The molecule has 2 aromatic rings. The van der Waals surface area contributed by atoms with Crippen LogP contribution in [0.4, 0.5) is 8.78 Å². The van der Waals surface area contributed by atoms with Crippen molar-refractivity contribution in [2.45, 2.75) is 33.2 Å². The molecule has 0 aliphatic heterocycles. The van der Waals surface area contributed by atoms with Gasteiger partial charge in [0.15, 0.2) is 17.4 Å². The largest absolute Gasteiger partial charge is 0.503 e. The molecule has 2 N–H and O–H groups in total. The fraction of sp³-hybridized carbons (Fsp3) is 0.400. The second-order valence-corrected chi connectivity index (χ2v) is 5.18. The van der Waals surface area contributed by atoms with E-state index < -0.39 is 17.4 Å². The summed E-state index contributed by atoms with van der Waals surface area (Å²) in [7, 11) is 0. The molecule has 21 heavy (non-hydrogen) atoms. The number of aryl methyl sites for hydroxylation is 2. The zero-order valence-corrected chi connectivity index (χ0v) is 12.2. The van der Waals surface area contributed by atoms with Gasteiger partial charge in [0.1, 0.15) is 5.76 Å². The molecular formula is C15H18F2N2O2. The van der Waals surface area contributed by atoms with E-state index in [1.165, 1.54) is 0 Å². The van der Waals surface area contributed by atoms with Gasteiger partial charge >= 0.3 is 0 Å². The van der Waals surface area contributed by atoms with Gasteiger partial charge < -0.3 is 14.9 Å². The third-order valence-corrected chi connectivity index (χ3v) is 3.44. The summed E-state index contributed by atoms with van der Waals surface area (Å²) < 4.78 is 31.6. The molecule has 0 saturated carbocycles. The number of nitrogens with one attached hydrogen (secondary N) is 1. The molecule has 1 aromatic carbocycles. The molecule has 0 fully saturated rings. The predicted molar refractivity (Wildman–Crippen MR) is 74.1 cm³/mol. The van der Waals surface area contributed by atoms with E-state index in [1.54, 1.807) is 0 Å². The Morgan fingerprint density at radius 1 is 1.29 bits per heavy atom. The lowest BCUT2D eigenvalue weighted by Crippen LogP contribution is -2.20. The van der Waals surface area contributed by atoms with Gasteiger partial charge in [-0.05, 0) is 37.5 Å². The van der Waals surface area contributed by atoms with Crippen molar-refractivity contribution in [3.05, 3.63) is 46.3 Å². The minimum atomic E-state index is -0.953. The van der Waals surface area contributed by atoms with Crippen LogP contribution in [0.2, 0.25) is 0 Å². The Hall–Kier alpha value is -1.95. The first kappa shape index (κ1) is 15.4. The number of benzene rings is 1. The smallest absolute Gasteiger partial charge is 0.187 e. The van der Waals surface area contributed by atoms with E-state index in [9.17, 15) is 8.78 Å². The molecule has 0 amide bonds. The Morgan fingerprint density at radius 2 is 1.90 bits per heavy atom. The van der Waals surface area contributed by atoms with Crippen LogP contribution in [-0.2, 0) is 6.54 Å². The molecule has 0 bridgehead atoms. The number of nitrogens with zero attached hydrogens (tertiary/aromatic N) is 1. The summed E-state index contributed by atoms with van der Waals surface area (Å²) in [6, 6.07) is 2.23. The van der Waals surface area contributed by atoms with Crippen molar-refractivity contribution >= 4 is 0 Å². The van der Waals surface area contributed by atoms with Crippen LogP contribution in [0, 0.1) is 25.5 Å². The van der Waals surface area contributed by atoms with Crippen LogP contribution in [-0.4, -0.2) is 16.8 Å². The Balaban J connectivity index is 1.96. The van der Waals surface area contributed by atoms with Gasteiger partial charge in [0, 0.05) is 18.7 Å². The maximum Gasteiger partial charge on any atom is 0.187 e. The third kappa shape index (κ3) is 3.39. The van der Waals surface area contributed by atoms with Gasteiger partial charge in [0.25, 0.3) is 0 Å². The van der Waals surface area contributed by atoms with E-state index in [4.69, 9.17) is 9.63 Å². The summed E-state index contributed by atoms with van der Waals surface area (Å²) in [4.78, 5) is 0. The van der Waals surface area contributed by atoms with Gasteiger partial charge in [-0.1, -0.05) is 12.1 Å². The summed E-state index contributed by atoms with van der Waals surface area (Å²) in [5, 5.41) is 16.1. The number of hydrogen-bond acceptors (Lipinski definition) is 4. The minimum absolute atomic E-state index is 0.169. The summed E-state index contributed by atoms with van der Waals surface area (Å²) in [6.45, 7) is 6.69. The zero-order chi connectivity index (χ0) is 15.6. The molecule has 0 aliphatic carbocycles. The molecule has 4 nitrogen and oxygen atoms in total. The average molecular weight is 296 g/mol. The number of phenolic OH excluding ortho intramolecular Hbond substituents is 1. The summed E-state index contributed by atoms with van der Waals surface area (Å²) in [5.74, 6) is -1.90. The number of hydrogen-bond donors (Lipinski definition) is 2. The first-order valence-electron chi connectivity index (χ1n) is 6.70. The summed E-state index contributed by atoms with van der Waals surface area (Å²) in [5.41, 5.74) is 2.34. The van der Waals surface area contributed by atoms with E-state index in [0.717, 1.165) is 29.2 Å². The van der Waals surface area contributed by atoms with E-state index in [1.807, 2.05) is 20.8 Å². The normalized spacial score (nSPS) is 12.6. The molecule has 1 heterocycles. The van der Waals surface area contributed by atoms with Crippen molar-refractivity contribution < 1.29 is 18.4 Å². The lowest BCUT2D eigenvalue weighted by atomic mass is 9.99. The van der Waals surface area contributed by atoms with Crippen molar-refractivity contribution in [3.63, 3.8) is 0 Å². The highest BCUT2D eigenvalue weighted by atomic mass is 19.1. The lowest BCUT2D eigenvalue weighted by Gasteiger charge is -2.13. The average Bonchev–Trinajstić information content (AvgIpc) is 2.75. The fourth-order valence-corrected chi connectivity index (χ4v) is 2.45. The monoisotopic (exact) mass is 296 g/mol. The van der Waals surface area contributed by atoms with Gasteiger partial charge in [-0.2, -0.15) is 0 Å². The number of phenols is 1. The Labute approximate surface area is 121 Å². The van der Waals surface area contributed by atoms with Crippen LogP contribution in [0.5, 0.6) is 5.75 Å². The fourth-order valence-electron chi connectivity index (χ4n) is 2.45. The third-order valence-electron chi connectivity index (χ3n) is 3.44. The molecule has 114 valence electrons. The van der Waals surface area contributed by atoms with Gasteiger partial charge in [-0.25, -0.2) is 8.78 Å². The van der Waals surface area contributed by atoms with Crippen LogP contribution in [0.3, 0.4) is 0 Å². The van der Waals surface area contributed by atoms with Crippen molar-refractivity contribution in [2.75, 3.05) is 6.54 Å². The van der Waals surface area contributed by atoms with Crippen molar-refractivity contribution in [3.8, 4) is 5.75 Å². The first-order valence-corrected chi connectivity index (χ1v) is 6.70. The first-order chi connectivity index (χ1) is 9.90. The van der Waals surface area contributed by atoms with Crippen LogP contribution in [0.1, 0.15) is 35.4 Å². The second kappa shape index (κ2) is 6.22. The van der Waals surface area contributed by atoms with E-state index in [2.05, 4.69) is 10.5 Å². The quantitative estimate of drug-likeness (QED) is 0.890. The number of aromatic nitrogens is 1. The number of halogens is 2. The SMILES string of the molecule is Cc1noc(C)c1C(C)CNCc1cc(F)c(O)c(F)c1. The molecule has 0 saturated heterocycles. The van der Waals surface area contributed by atoms with Crippen LogP contribution in [0.15, 0.2) is 16.7 Å². The van der Waals surface area contributed by atoms with Gasteiger partial charge in [0.05, 0.1) is 5.69 Å². The van der Waals surface area contributed by atoms with Crippen molar-refractivity contribution in [1.82, 2.24) is 10.5 Å². The van der Waals surface area contributed by atoms with E-state index in [-0.39, 0.29) is 5.92 Å². The summed E-state index contributed by atoms with van der Waals surface area (Å²) in [6.07, 6.45) is 0. The minimum Gasteiger partial charge on any atom is -0.503 e. The molecular weight excluding hydrogens is 278 g/mol. The van der Waals surface area contributed by atoms with Crippen LogP contribution >= 0.6 is 0 Å². The van der Waals surface area contributed by atoms with Gasteiger partial charge in [0.2, 0.25) is 0 Å². The molecule has 2 rings (SSSR count).